The highest BCUT2D eigenvalue weighted by Gasteiger charge is 2.45. The average molecular weight is 340 g/mol. The van der Waals surface area contributed by atoms with Gasteiger partial charge in [0.25, 0.3) is 0 Å². The largest absolute Gasteiger partial charge is 0.340 e. The molecule has 1 atom stereocenters. The van der Waals surface area contributed by atoms with Crippen molar-refractivity contribution < 1.29 is 9.59 Å². The molecular weight excluding hydrogens is 312 g/mol. The number of rotatable bonds is 4. The van der Waals surface area contributed by atoms with Crippen LogP contribution in [0.1, 0.15) is 43.2 Å². The maximum Gasteiger partial charge on any atom is 0.227 e. The minimum atomic E-state index is -0.190. The van der Waals surface area contributed by atoms with Crippen molar-refractivity contribution in [2.45, 2.75) is 51.0 Å². The fourth-order valence-electron chi connectivity index (χ4n) is 4.27. The van der Waals surface area contributed by atoms with E-state index in [9.17, 15) is 9.59 Å². The highest BCUT2D eigenvalue weighted by atomic mass is 16.2. The lowest BCUT2D eigenvalue weighted by molar-refractivity contribution is -0.149. The van der Waals surface area contributed by atoms with Crippen LogP contribution in [-0.4, -0.2) is 46.8 Å². The third-order valence-corrected chi connectivity index (χ3v) is 5.60. The summed E-state index contributed by atoms with van der Waals surface area (Å²) in [7, 11) is 0. The molecule has 0 radical (unpaired) electrons. The highest BCUT2D eigenvalue weighted by molar-refractivity contribution is 5.80. The van der Waals surface area contributed by atoms with E-state index in [4.69, 9.17) is 0 Å². The smallest absolute Gasteiger partial charge is 0.227 e. The van der Waals surface area contributed by atoms with E-state index < -0.39 is 0 Å². The van der Waals surface area contributed by atoms with Crippen molar-refractivity contribution in [3.8, 4) is 0 Å². The fraction of sp³-hybridized carbons (Fsp3) is 0.524. The Hall–Kier alpha value is -2.10. The predicted octanol–water partition coefficient (Wildman–Crippen LogP) is 3.10. The molecule has 0 unspecified atom stereocenters. The number of carbonyl (C=O) groups is 2. The Balaban J connectivity index is 1.73. The van der Waals surface area contributed by atoms with Crippen LogP contribution in [-0.2, 0) is 16.0 Å². The van der Waals surface area contributed by atoms with Crippen LogP contribution in [0.2, 0.25) is 0 Å². The monoisotopic (exact) mass is 340 g/mol. The molecule has 4 nitrogen and oxygen atoms in total. The molecule has 2 saturated heterocycles. The summed E-state index contributed by atoms with van der Waals surface area (Å²) in [4.78, 5) is 29.2. The Morgan fingerprint density at radius 1 is 1.24 bits per heavy atom. The Labute approximate surface area is 150 Å². The summed E-state index contributed by atoms with van der Waals surface area (Å²) >= 11 is 0. The summed E-state index contributed by atoms with van der Waals surface area (Å²) < 4.78 is 0. The lowest BCUT2D eigenvalue weighted by Crippen LogP contribution is -2.63. The van der Waals surface area contributed by atoms with Crippen molar-refractivity contribution in [2.24, 2.45) is 0 Å². The van der Waals surface area contributed by atoms with Gasteiger partial charge in [-0.05, 0) is 38.2 Å². The van der Waals surface area contributed by atoms with E-state index in [0.717, 1.165) is 37.8 Å². The van der Waals surface area contributed by atoms with Gasteiger partial charge < -0.3 is 9.80 Å². The van der Waals surface area contributed by atoms with E-state index in [1.807, 2.05) is 41.0 Å². The summed E-state index contributed by atoms with van der Waals surface area (Å²) in [5.74, 6) is 0.374. The maximum absolute atomic E-state index is 12.8. The van der Waals surface area contributed by atoms with Gasteiger partial charge in [0.1, 0.15) is 0 Å². The van der Waals surface area contributed by atoms with E-state index in [-0.39, 0.29) is 17.4 Å². The third-order valence-electron chi connectivity index (χ3n) is 5.60. The molecule has 2 aliphatic heterocycles. The van der Waals surface area contributed by atoms with Crippen LogP contribution < -0.4 is 0 Å². The van der Waals surface area contributed by atoms with E-state index in [1.165, 1.54) is 5.56 Å². The Kier molecular flexibility index (Phi) is 5.26. The molecule has 0 N–H and O–H groups in total. The second-order valence-electron chi connectivity index (χ2n) is 7.45. The first-order valence-corrected chi connectivity index (χ1v) is 9.29. The molecule has 0 saturated carbocycles. The highest BCUT2D eigenvalue weighted by Crippen LogP contribution is 2.36. The molecular formula is C21H28N2O2. The quantitative estimate of drug-likeness (QED) is 0.790. The van der Waals surface area contributed by atoms with Crippen LogP contribution in [0.15, 0.2) is 36.9 Å². The van der Waals surface area contributed by atoms with E-state index in [2.05, 4.69) is 6.58 Å². The van der Waals surface area contributed by atoms with E-state index in [0.29, 0.717) is 25.9 Å². The van der Waals surface area contributed by atoms with Crippen LogP contribution >= 0.6 is 0 Å². The van der Waals surface area contributed by atoms with Gasteiger partial charge in [-0.15, -0.1) is 6.58 Å². The summed E-state index contributed by atoms with van der Waals surface area (Å²) in [6.07, 6.45) is 6.71. The maximum atomic E-state index is 12.8. The van der Waals surface area contributed by atoms with Crippen LogP contribution in [0.4, 0.5) is 0 Å². The molecule has 25 heavy (non-hydrogen) atoms. The number of amides is 2. The predicted molar refractivity (Wildman–Crippen MR) is 99.2 cm³/mol. The van der Waals surface area contributed by atoms with Gasteiger partial charge in [-0.25, -0.2) is 0 Å². The summed E-state index contributed by atoms with van der Waals surface area (Å²) in [6, 6.07) is 8.15. The van der Waals surface area contributed by atoms with Gasteiger partial charge >= 0.3 is 0 Å². The summed E-state index contributed by atoms with van der Waals surface area (Å²) in [5, 5.41) is 0. The molecule has 2 fully saturated rings. The SMILES string of the molecule is C=CCN1C(=O)CCC[C@]12CCCN(C(=O)Cc1ccc(C)cc1)C2. The van der Waals surface area contributed by atoms with Crippen LogP contribution in [0.25, 0.3) is 0 Å². The normalized spacial score (nSPS) is 23.8. The van der Waals surface area contributed by atoms with Crippen molar-refractivity contribution >= 4 is 11.8 Å². The Morgan fingerprint density at radius 3 is 2.68 bits per heavy atom. The summed E-state index contributed by atoms with van der Waals surface area (Å²) in [5.41, 5.74) is 2.07. The number of benzene rings is 1. The Bertz CT molecular complexity index is 648. The lowest BCUT2D eigenvalue weighted by Gasteiger charge is -2.52. The molecule has 2 aliphatic rings. The number of hydrogen-bond acceptors (Lipinski definition) is 2. The zero-order chi connectivity index (χ0) is 17.9. The standard InChI is InChI=1S/C21H28N2O2/c1-3-13-23-19(24)6-4-11-21(23)12-5-14-22(16-21)20(25)15-18-9-7-17(2)8-10-18/h3,7-10H,1,4-6,11-16H2,2H3/t21-/m1/s1. The topological polar surface area (TPSA) is 40.6 Å². The van der Waals surface area contributed by atoms with Gasteiger partial charge in [0, 0.05) is 26.1 Å². The van der Waals surface area contributed by atoms with Crippen molar-refractivity contribution in [1.29, 1.82) is 0 Å². The average Bonchev–Trinajstić information content (AvgIpc) is 2.61. The van der Waals surface area contributed by atoms with Crippen molar-refractivity contribution in [1.82, 2.24) is 9.80 Å². The van der Waals surface area contributed by atoms with Gasteiger partial charge in [0.15, 0.2) is 0 Å². The number of carbonyl (C=O) groups excluding carboxylic acids is 2. The molecule has 0 aliphatic carbocycles. The van der Waals surface area contributed by atoms with Gasteiger partial charge in [0.2, 0.25) is 11.8 Å². The molecule has 0 bridgehead atoms. The van der Waals surface area contributed by atoms with Crippen LogP contribution in [0.5, 0.6) is 0 Å². The van der Waals surface area contributed by atoms with Gasteiger partial charge in [-0.1, -0.05) is 35.9 Å². The Morgan fingerprint density at radius 2 is 1.96 bits per heavy atom. The van der Waals surface area contributed by atoms with E-state index in [1.54, 1.807) is 6.08 Å². The zero-order valence-corrected chi connectivity index (χ0v) is 15.2. The van der Waals surface area contributed by atoms with Gasteiger partial charge in [0.05, 0.1) is 12.0 Å². The molecule has 2 heterocycles. The van der Waals surface area contributed by atoms with Crippen molar-refractivity contribution in [2.75, 3.05) is 19.6 Å². The molecule has 1 aromatic rings. The molecule has 1 aromatic carbocycles. The number of aryl methyl sites for hydroxylation is 1. The molecule has 1 spiro atoms. The van der Waals surface area contributed by atoms with Crippen LogP contribution in [0, 0.1) is 6.92 Å². The molecule has 2 amide bonds. The summed E-state index contributed by atoms with van der Waals surface area (Å²) in [6.45, 7) is 7.90. The second kappa shape index (κ2) is 7.42. The zero-order valence-electron chi connectivity index (χ0n) is 15.2. The first-order chi connectivity index (χ1) is 12.0. The first-order valence-electron chi connectivity index (χ1n) is 9.29. The van der Waals surface area contributed by atoms with Crippen LogP contribution in [0.3, 0.4) is 0 Å². The molecule has 134 valence electrons. The molecule has 0 aromatic heterocycles. The number of nitrogens with zero attached hydrogens (tertiary/aromatic N) is 2. The van der Waals surface area contributed by atoms with Gasteiger partial charge in [-0.3, -0.25) is 9.59 Å². The first kappa shape index (κ1) is 17.7. The van der Waals surface area contributed by atoms with Crippen molar-refractivity contribution in [3.63, 3.8) is 0 Å². The lowest BCUT2D eigenvalue weighted by atomic mass is 9.79. The van der Waals surface area contributed by atoms with Crippen molar-refractivity contribution in [3.05, 3.63) is 48.0 Å². The number of likely N-dealkylation sites (tertiary alicyclic amines) is 2. The minimum Gasteiger partial charge on any atom is -0.340 e. The molecule has 3 rings (SSSR count). The van der Waals surface area contributed by atoms with E-state index >= 15 is 0 Å². The fourth-order valence-corrected chi connectivity index (χ4v) is 4.27. The van der Waals surface area contributed by atoms with Gasteiger partial charge in [-0.2, -0.15) is 0 Å². The number of piperidine rings is 2. The third kappa shape index (κ3) is 3.78. The minimum absolute atomic E-state index is 0.166. The second-order valence-corrected chi connectivity index (χ2v) is 7.45. The number of hydrogen-bond donors (Lipinski definition) is 0. The molecule has 4 heteroatoms.